The van der Waals surface area contributed by atoms with Gasteiger partial charge in [-0.25, -0.2) is 9.97 Å². The number of thioether (sulfide) groups is 1. The van der Waals surface area contributed by atoms with Gasteiger partial charge in [-0.05, 0) is 45.2 Å². The number of piperidine rings is 1. The van der Waals surface area contributed by atoms with E-state index in [4.69, 9.17) is 9.72 Å². The van der Waals surface area contributed by atoms with Crippen LogP contribution in [0.5, 0.6) is 0 Å². The number of aromatic nitrogens is 2. The lowest BCUT2D eigenvalue weighted by Gasteiger charge is -2.33. The highest BCUT2D eigenvalue weighted by Gasteiger charge is 2.24. The van der Waals surface area contributed by atoms with Crippen LogP contribution in [0.25, 0.3) is 0 Å². The summed E-state index contributed by atoms with van der Waals surface area (Å²) in [5.41, 5.74) is 2.48. The Kier molecular flexibility index (Phi) is 5.46. The van der Waals surface area contributed by atoms with Gasteiger partial charge in [-0.3, -0.25) is 0 Å². The van der Waals surface area contributed by atoms with Crippen molar-refractivity contribution >= 4 is 17.6 Å². The zero-order valence-electron chi connectivity index (χ0n) is 15.6. The van der Waals surface area contributed by atoms with Gasteiger partial charge in [0.05, 0.1) is 12.3 Å². The van der Waals surface area contributed by atoms with Crippen LogP contribution in [0.15, 0.2) is 35.2 Å². The first-order valence-electron chi connectivity index (χ1n) is 9.59. The lowest BCUT2D eigenvalue weighted by molar-refractivity contribution is 0.193. The molecule has 2 saturated heterocycles. The van der Waals surface area contributed by atoms with Gasteiger partial charge in [0.2, 0.25) is 0 Å². The number of rotatable bonds is 4. The molecule has 0 N–H and O–H groups in total. The SMILES string of the molecule is Cc1ccc(SC2CCN(c3cc(C4CCOC4)nc(C)n3)CC2)cc1. The van der Waals surface area contributed by atoms with Crippen molar-refractivity contribution in [2.75, 3.05) is 31.2 Å². The molecule has 2 aromatic rings. The van der Waals surface area contributed by atoms with Crippen LogP contribution >= 0.6 is 11.8 Å². The summed E-state index contributed by atoms with van der Waals surface area (Å²) in [7, 11) is 0. The van der Waals surface area contributed by atoms with Crippen molar-refractivity contribution in [3.63, 3.8) is 0 Å². The average molecular weight is 370 g/mol. The van der Waals surface area contributed by atoms with Gasteiger partial charge in [0.15, 0.2) is 0 Å². The van der Waals surface area contributed by atoms with E-state index in [1.54, 1.807) is 0 Å². The van der Waals surface area contributed by atoms with Crippen LogP contribution in [0.3, 0.4) is 0 Å². The first-order chi connectivity index (χ1) is 12.7. The summed E-state index contributed by atoms with van der Waals surface area (Å²) in [6.45, 7) is 7.93. The van der Waals surface area contributed by atoms with Gasteiger partial charge >= 0.3 is 0 Å². The smallest absolute Gasteiger partial charge is 0.132 e. The zero-order valence-corrected chi connectivity index (χ0v) is 16.5. The second kappa shape index (κ2) is 7.97. The van der Waals surface area contributed by atoms with Gasteiger partial charge in [-0.2, -0.15) is 0 Å². The second-order valence-electron chi connectivity index (χ2n) is 7.38. The minimum absolute atomic E-state index is 0.435. The van der Waals surface area contributed by atoms with E-state index in [9.17, 15) is 0 Å². The monoisotopic (exact) mass is 369 g/mol. The molecular weight excluding hydrogens is 342 g/mol. The molecule has 0 amide bonds. The number of hydrogen-bond acceptors (Lipinski definition) is 5. The highest BCUT2D eigenvalue weighted by molar-refractivity contribution is 8.00. The van der Waals surface area contributed by atoms with Crippen molar-refractivity contribution in [2.24, 2.45) is 0 Å². The van der Waals surface area contributed by atoms with E-state index in [1.165, 1.54) is 23.3 Å². The molecule has 2 fully saturated rings. The van der Waals surface area contributed by atoms with E-state index in [0.29, 0.717) is 11.2 Å². The second-order valence-corrected chi connectivity index (χ2v) is 8.75. The van der Waals surface area contributed by atoms with Gasteiger partial charge in [-0.15, -0.1) is 11.8 Å². The molecule has 1 aromatic carbocycles. The predicted molar refractivity (Wildman–Crippen MR) is 107 cm³/mol. The Morgan fingerprint density at radius 2 is 1.81 bits per heavy atom. The van der Waals surface area contributed by atoms with E-state index < -0.39 is 0 Å². The molecule has 1 atom stereocenters. The van der Waals surface area contributed by atoms with Gasteiger partial charge in [0.25, 0.3) is 0 Å². The fraction of sp³-hybridized carbons (Fsp3) is 0.524. The number of nitrogens with zero attached hydrogens (tertiary/aromatic N) is 3. The minimum Gasteiger partial charge on any atom is -0.381 e. The summed E-state index contributed by atoms with van der Waals surface area (Å²) in [6.07, 6.45) is 3.47. The normalized spacial score (nSPS) is 21.3. The molecule has 5 heteroatoms. The maximum Gasteiger partial charge on any atom is 0.132 e. The largest absolute Gasteiger partial charge is 0.381 e. The fourth-order valence-corrected chi connectivity index (χ4v) is 4.85. The molecule has 0 aliphatic carbocycles. The number of aryl methyl sites for hydroxylation is 2. The molecule has 4 nitrogen and oxygen atoms in total. The van der Waals surface area contributed by atoms with Crippen molar-refractivity contribution < 1.29 is 4.74 Å². The first-order valence-corrected chi connectivity index (χ1v) is 10.5. The van der Waals surface area contributed by atoms with Crippen molar-refractivity contribution in [3.8, 4) is 0 Å². The Bertz CT molecular complexity index is 735. The van der Waals surface area contributed by atoms with E-state index in [1.807, 2.05) is 18.7 Å². The van der Waals surface area contributed by atoms with Crippen LogP contribution in [0.2, 0.25) is 0 Å². The minimum atomic E-state index is 0.435. The maximum absolute atomic E-state index is 5.54. The Morgan fingerprint density at radius 1 is 1.04 bits per heavy atom. The summed E-state index contributed by atoms with van der Waals surface area (Å²) in [5.74, 6) is 2.41. The summed E-state index contributed by atoms with van der Waals surface area (Å²) < 4.78 is 5.54. The Morgan fingerprint density at radius 3 is 2.50 bits per heavy atom. The van der Waals surface area contributed by atoms with Gasteiger partial charge in [0.1, 0.15) is 11.6 Å². The lowest BCUT2D eigenvalue weighted by atomic mass is 10.0. The van der Waals surface area contributed by atoms with Crippen LogP contribution in [0.4, 0.5) is 5.82 Å². The molecule has 138 valence electrons. The summed E-state index contributed by atoms with van der Waals surface area (Å²) in [5, 5.41) is 0.694. The third-order valence-electron chi connectivity index (χ3n) is 5.28. The topological polar surface area (TPSA) is 38.2 Å². The fourth-order valence-electron chi connectivity index (χ4n) is 3.73. The highest BCUT2D eigenvalue weighted by atomic mass is 32.2. The quantitative estimate of drug-likeness (QED) is 0.801. The summed E-state index contributed by atoms with van der Waals surface area (Å²) >= 11 is 2.02. The molecule has 2 aliphatic heterocycles. The highest BCUT2D eigenvalue weighted by Crippen LogP contribution is 2.32. The third-order valence-corrected chi connectivity index (χ3v) is 6.63. The molecule has 0 bridgehead atoms. The number of anilines is 1. The van der Waals surface area contributed by atoms with E-state index >= 15 is 0 Å². The zero-order chi connectivity index (χ0) is 17.9. The van der Waals surface area contributed by atoms with Crippen LogP contribution in [0, 0.1) is 13.8 Å². The van der Waals surface area contributed by atoms with Crippen LogP contribution in [-0.4, -0.2) is 41.5 Å². The predicted octanol–water partition coefficient (Wildman–Crippen LogP) is 4.36. The van der Waals surface area contributed by atoms with Crippen molar-refractivity contribution in [2.45, 2.75) is 49.2 Å². The Labute approximate surface area is 160 Å². The Balaban J connectivity index is 1.39. The molecule has 3 heterocycles. The standard InChI is InChI=1S/C21H27N3OS/c1-15-3-5-18(6-4-15)26-19-7-10-24(11-8-19)21-13-20(22-16(2)23-21)17-9-12-25-14-17/h3-6,13,17,19H,7-12,14H2,1-2H3. The third kappa shape index (κ3) is 4.21. The molecule has 0 radical (unpaired) electrons. The van der Waals surface area contributed by atoms with Crippen molar-refractivity contribution in [1.82, 2.24) is 9.97 Å². The van der Waals surface area contributed by atoms with Crippen LogP contribution in [0.1, 0.15) is 42.3 Å². The van der Waals surface area contributed by atoms with Crippen LogP contribution in [-0.2, 0) is 4.74 Å². The van der Waals surface area contributed by atoms with E-state index in [0.717, 1.165) is 50.1 Å². The lowest BCUT2D eigenvalue weighted by Crippen LogP contribution is -2.35. The molecule has 4 rings (SSSR count). The van der Waals surface area contributed by atoms with Crippen molar-refractivity contribution in [1.29, 1.82) is 0 Å². The molecule has 0 spiro atoms. The van der Waals surface area contributed by atoms with Gasteiger partial charge in [0, 0.05) is 41.8 Å². The molecular formula is C21H27N3OS. The molecule has 26 heavy (non-hydrogen) atoms. The number of benzene rings is 1. The molecule has 0 saturated carbocycles. The summed E-state index contributed by atoms with van der Waals surface area (Å²) in [6, 6.07) is 11.1. The molecule has 1 aromatic heterocycles. The van der Waals surface area contributed by atoms with Gasteiger partial charge < -0.3 is 9.64 Å². The molecule has 2 aliphatic rings. The van der Waals surface area contributed by atoms with Gasteiger partial charge in [-0.1, -0.05) is 17.7 Å². The van der Waals surface area contributed by atoms with Crippen molar-refractivity contribution in [3.05, 3.63) is 47.4 Å². The average Bonchev–Trinajstić information content (AvgIpc) is 3.19. The number of hydrogen-bond donors (Lipinski definition) is 0. The van der Waals surface area contributed by atoms with Crippen LogP contribution < -0.4 is 4.90 Å². The Hall–Kier alpha value is -1.59. The maximum atomic E-state index is 5.54. The molecule has 1 unspecified atom stereocenters. The number of ether oxygens (including phenoxy) is 1. The van der Waals surface area contributed by atoms with E-state index in [2.05, 4.69) is 47.1 Å². The first kappa shape index (κ1) is 17.8. The van der Waals surface area contributed by atoms with E-state index in [-0.39, 0.29) is 0 Å². The summed E-state index contributed by atoms with van der Waals surface area (Å²) in [4.78, 5) is 13.2.